The van der Waals surface area contributed by atoms with Crippen LogP contribution in [0.1, 0.15) is 32.8 Å². The van der Waals surface area contributed by atoms with Crippen molar-refractivity contribution in [3.05, 3.63) is 29.8 Å². The van der Waals surface area contributed by atoms with Gasteiger partial charge in [0.15, 0.2) is 0 Å². The Morgan fingerprint density at radius 1 is 1.20 bits per heavy atom. The van der Waals surface area contributed by atoms with Gasteiger partial charge < -0.3 is 10.5 Å². The van der Waals surface area contributed by atoms with Crippen LogP contribution in [0.2, 0.25) is 0 Å². The van der Waals surface area contributed by atoms with Crippen molar-refractivity contribution in [1.82, 2.24) is 0 Å². The van der Waals surface area contributed by atoms with Crippen LogP contribution < -0.4 is 10.5 Å². The Kier molecular flexibility index (Phi) is 4.63. The molecule has 15 heavy (non-hydrogen) atoms. The molecule has 1 aromatic rings. The first-order valence-electron chi connectivity index (χ1n) is 5.64. The second-order valence-corrected chi connectivity index (χ2v) is 4.08. The van der Waals surface area contributed by atoms with Gasteiger partial charge in [0.1, 0.15) is 11.9 Å². The molecule has 0 fully saturated rings. The Balaban J connectivity index is 2.56. The van der Waals surface area contributed by atoms with E-state index < -0.39 is 0 Å². The van der Waals surface area contributed by atoms with Crippen molar-refractivity contribution in [3.63, 3.8) is 0 Å². The minimum atomic E-state index is 0.0559. The zero-order chi connectivity index (χ0) is 11.3. The summed E-state index contributed by atoms with van der Waals surface area (Å²) in [6.07, 6.45) is 2.36. The lowest BCUT2D eigenvalue weighted by molar-refractivity contribution is 0.196. The molecule has 0 radical (unpaired) electrons. The van der Waals surface area contributed by atoms with E-state index in [2.05, 4.69) is 19.1 Å². The smallest absolute Gasteiger partial charge is 0.119 e. The molecule has 1 rings (SSSR count). The van der Waals surface area contributed by atoms with Crippen molar-refractivity contribution in [1.29, 1.82) is 0 Å². The van der Waals surface area contributed by atoms with Gasteiger partial charge in [0, 0.05) is 6.04 Å². The summed E-state index contributed by atoms with van der Waals surface area (Å²) in [6.45, 7) is 6.13. The summed E-state index contributed by atoms with van der Waals surface area (Å²) in [6, 6.07) is 8.33. The van der Waals surface area contributed by atoms with E-state index >= 15 is 0 Å². The first kappa shape index (κ1) is 12.1. The maximum Gasteiger partial charge on any atom is 0.119 e. The van der Waals surface area contributed by atoms with Gasteiger partial charge in [-0.2, -0.15) is 0 Å². The summed E-state index contributed by atoms with van der Waals surface area (Å²) in [5.74, 6) is 0.902. The number of aryl methyl sites for hydroxylation is 1. The number of hydrogen-bond acceptors (Lipinski definition) is 2. The summed E-state index contributed by atoms with van der Waals surface area (Å²) in [4.78, 5) is 0. The van der Waals surface area contributed by atoms with Gasteiger partial charge in [-0.15, -0.1) is 0 Å². The maximum atomic E-state index is 5.74. The molecule has 0 aliphatic heterocycles. The van der Waals surface area contributed by atoms with E-state index in [-0.39, 0.29) is 12.1 Å². The predicted octanol–water partition coefficient (Wildman–Crippen LogP) is 2.75. The fourth-order valence-electron chi connectivity index (χ4n) is 1.35. The van der Waals surface area contributed by atoms with E-state index in [0.717, 1.165) is 12.2 Å². The molecule has 0 saturated carbocycles. The molecule has 0 aliphatic rings. The Labute approximate surface area is 92.4 Å². The van der Waals surface area contributed by atoms with Crippen LogP contribution in [0.25, 0.3) is 0 Å². The van der Waals surface area contributed by atoms with Gasteiger partial charge in [0.2, 0.25) is 0 Å². The molecule has 0 saturated heterocycles. The van der Waals surface area contributed by atoms with E-state index in [1.54, 1.807) is 0 Å². The van der Waals surface area contributed by atoms with Crippen LogP contribution in [-0.2, 0) is 6.42 Å². The van der Waals surface area contributed by atoms with Gasteiger partial charge in [-0.05, 0) is 38.0 Å². The van der Waals surface area contributed by atoms with Crippen LogP contribution in [0, 0.1) is 0 Å². The maximum absolute atomic E-state index is 5.74. The van der Waals surface area contributed by atoms with E-state index in [9.17, 15) is 0 Å². The van der Waals surface area contributed by atoms with Crippen molar-refractivity contribution in [2.75, 3.05) is 0 Å². The summed E-state index contributed by atoms with van der Waals surface area (Å²) in [5.41, 5.74) is 7.10. The lowest BCUT2D eigenvalue weighted by atomic mass is 10.1. The summed E-state index contributed by atoms with van der Waals surface area (Å²) >= 11 is 0. The minimum absolute atomic E-state index is 0.0559. The number of rotatable bonds is 5. The van der Waals surface area contributed by atoms with Crippen LogP contribution in [-0.4, -0.2) is 12.1 Å². The fourth-order valence-corrected chi connectivity index (χ4v) is 1.35. The molecular formula is C13H21NO. The molecule has 0 aromatic heterocycles. The highest BCUT2D eigenvalue weighted by Gasteiger charge is 2.08. The highest BCUT2D eigenvalue weighted by Crippen LogP contribution is 2.15. The van der Waals surface area contributed by atoms with Crippen molar-refractivity contribution >= 4 is 0 Å². The Bertz CT molecular complexity index is 279. The van der Waals surface area contributed by atoms with E-state index in [1.165, 1.54) is 12.0 Å². The second-order valence-electron chi connectivity index (χ2n) is 4.08. The van der Waals surface area contributed by atoms with Crippen LogP contribution in [0.3, 0.4) is 0 Å². The van der Waals surface area contributed by atoms with Gasteiger partial charge in [-0.3, -0.25) is 0 Å². The predicted molar refractivity (Wildman–Crippen MR) is 64.2 cm³/mol. The standard InChI is InChI=1S/C13H21NO/c1-4-5-12-6-8-13(9-7-12)15-11(3)10(2)14/h6-11H,4-5,14H2,1-3H3/t10-,11?/m0/s1. The SMILES string of the molecule is CCCc1ccc(OC(C)[C@H](C)N)cc1. The topological polar surface area (TPSA) is 35.2 Å². The van der Waals surface area contributed by atoms with Gasteiger partial charge in [-0.1, -0.05) is 25.5 Å². The molecule has 2 N–H and O–H groups in total. The largest absolute Gasteiger partial charge is 0.489 e. The molecule has 1 unspecified atom stereocenters. The van der Waals surface area contributed by atoms with Gasteiger partial charge >= 0.3 is 0 Å². The normalized spacial score (nSPS) is 14.7. The highest BCUT2D eigenvalue weighted by molar-refractivity contribution is 5.27. The van der Waals surface area contributed by atoms with Crippen molar-refractivity contribution in [2.45, 2.75) is 45.8 Å². The monoisotopic (exact) mass is 207 g/mol. The summed E-state index contributed by atoms with van der Waals surface area (Å²) in [5, 5.41) is 0. The first-order valence-corrected chi connectivity index (χ1v) is 5.64. The second kappa shape index (κ2) is 5.76. The molecule has 0 aliphatic carbocycles. The lowest BCUT2D eigenvalue weighted by Crippen LogP contribution is -2.33. The van der Waals surface area contributed by atoms with Gasteiger partial charge in [0.05, 0.1) is 0 Å². The van der Waals surface area contributed by atoms with Crippen LogP contribution in [0.5, 0.6) is 5.75 Å². The van der Waals surface area contributed by atoms with Crippen LogP contribution >= 0.6 is 0 Å². The van der Waals surface area contributed by atoms with Gasteiger partial charge in [0.25, 0.3) is 0 Å². The molecule has 0 spiro atoms. The van der Waals surface area contributed by atoms with Crippen LogP contribution in [0.15, 0.2) is 24.3 Å². The molecular weight excluding hydrogens is 186 g/mol. The zero-order valence-corrected chi connectivity index (χ0v) is 9.86. The van der Waals surface area contributed by atoms with Crippen molar-refractivity contribution < 1.29 is 4.74 Å². The molecule has 84 valence electrons. The lowest BCUT2D eigenvalue weighted by Gasteiger charge is -2.18. The average Bonchev–Trinajstić information content (AvgIpc) is 2.21. The third-order valence-corrected chi connectivity index (χ3v) is 2.52. The summed E-state index contributed by atoms with van der Waals surface area (Å²) < 4.78 is 5.68. The third kappa shape index (κ3) is 3.92. The van der Waals surface area contributed by atoms with Gasteiger partial charge in [-0.25, -0.2) is 0 Å². The average molecular weight is 207 g/mol. The van der Waals surface area contributed by atoms with Crippen molar-refractivity contribution in [3.8, 4) is 5.75 Å². The van der Waals surface area contributed by atoms with E-state index in [1.807, 2.05) is 26.0 Å². The Morgan fingerprint density at radius 2 is 1.80 bits per heavy atom. The molecule has 2 nitrogen and oxygen atoms in total. The highest BCUT2D eigenvalue weighted by atomic mass is 16.5. The molecule has 0 heterocycles. The Hall–Kier alpha value is -1.02. The third-order valence-electron chi connectivity index (χ3n) is 2.52. The quantitative estimate of drug-likeness (QED) is 0.805. The molecule has 2 heteroatoms. The molecule has 0 amide bonds. The molecule has 0 bridgehead atoms. The van der Waals surface area contributed by atoms with Crippen molar-refractivity contribution in [2.24, 2.45) is 5.73 Å². The molecule has 2 atom stereocenters. The van der Waals surface area contributed by atoms with Crippen LogP contribution in [0.4, 0.5) is 0 Å². The number of nitrogens with two attached hydrogens (primary N) is 1. The minimum Gasteiger partial charge on any atom is -0.489 e. The fraction of sp³-hybridized carbons (Fsp3) is 0.538. The number of ether oxygens (including phenoxy) is 1. The molecule has 1 aromatic carbocycles. The van der Waals surface area contributed by atoms with E-state index in [0.29, 0.717) is 0 Å². The zero-order valence-electron chi connectivity index (χ0n) is 9.86. The van der Waals surface area contributed by atoms with E-state index in [4.69, 9.17) is 10.5 Å². The number of hydrogen-bond donors (Lipinski definition) is 1. The summed E-state index contributed by atoms with van der Waals surface area (Å²) in [7, 11) is 0. The first-order chi connectivity index (χ1) is 7.13. The Morgan fingerprint density at radius 3 is 2.27 bits per heavy atom. The number of benzene rings is 1.